The highest BCUT2D eigenvalue weighted by Crippen LogP contribution is 2.20. The maximum absolute atomic E-state index is 13.8. The average molecular weight is 358 g/mol. The smallest absolute Gasteiger partial charge is 0.274 e. The van der Waals surface area contributed by atoms with Crippen LogP contribution in [-0.2, 0) is 19.5 Å². The Balaban J connectivity index is 1.33. The Labute approximate surface area is 152 Å². The fraction of sp³-hybridized carbons (Fsp3) is 0.474. The first-order valence-corrected chi connectivity index (χ1v) is 9.05. The van der Waals surface area contributed by atoms with Crippen molar-refractivity contribution in [1.29, 1.82) is 0 Å². The summed E-state index contributed by atoms with van der Waals surface area (Å²) in [6.45, 7) is 4.45. The maximum atomic E-state index is 13.8. The van der Waals surface area contributed by atoms with Crippen molar-refractivity contribution in [3.63, 3.8) is 0 Å². The largest absolute Gasteiger partial charge is 0.494 e. The summed E-state index contributed by atoms with van der Waals surface area (Å²) in [6.07, 6.45) is 2.12. The number of carbonyl (C=O) groups is 1. The number of hydrogen-bond donors (Lipinski definition) is 0. The first-order valence-electron chi connectivity index (χ1n) is 9.05. The van der Waals surface area contributed by atoms with Gasteiger partial charge >= 0.3 is 0 Å². The molecule has 0 atom stereocenters. The summed E-state index contributed by atoms with van der Waals surface area (Å²) in [7, 11) is 1.46. The highest BCUT2D eigenvalue weighted by Gasteiger charge is 2.25. The van der Waals surface area contributed by atoms with Crippen LogP contribution in [0.15, 0.2) is 24.3 Å². The van der Waals surface area contributed by atoms with E-state index < -0.39 is 0 Å². The van der Waals surface area contributed by atoms with E-state index in [9.17, 15) is 9.18 Å². The summed E-state index contributed by atoms with van der Waals surface area (Å²) >= 11 is 0. The van der Waals surface area contributed by atoms with Gasteiger partial charge in [-0.1, -0.05) is 6.07 Å². The van der Waals surface area contributed by atoms with Gasteiger partial charge in [0.05, 0.1) is 7.11 Å². The van der Waals surface area contributed by atoms with Gasteiger partial charge in [0.25, 0.3) is 5.91 Å². The van der Waals surface area contributed by atoms with Crippen LogP contribution < -0.4 is 4.74 Å². The molecule has 7 heteroatoms. The number of fused-ring (bicyclic) bond motifs is 1. The van der Waals surface area contributed by atoms with Gasteiger partial charge in [0.2, 0.25) is 0 Å². The zero-order valence-corrected chi connectivity index (χ0v) is 14.9. The van der Waals surface area contributed by atoms with E-state index >= 15 is 0 Å². The molecular weight excluding hydrogens is 335 g/mol. The number of carbonyl (C=O) groups excluding carboxylic acids is 1. The second kappa shape index (κ2) is 7.07. The number of hydrogen-bond acceptors (Lipinski definition) is 4. The van der Waals surface area contributed by atoms with Crippen molar-refractivity contribution in [2.24, 2.45) is 0 Å². The minimum absolute atomic E-state index is 0.0158. The molecule has 1 fully saturated rings. The molecule has 4 rings (SSSR count). The number of amides is 1. The predicted octanol–water partition coefficient (Wildman–Crippen LogP) is 1.93. The van der Waals surface area contributed by atoms with E-state index in [-0.39, 0.29) is 17.5 Å². The number of halogens is 1. The number of benzene rings is 1. The van der Waals surface area contributed by atoms with E-state index in [2.05, 4.69) is 10.00 Å². The maximum Gasteiger partial charge on any atom is 0.274 e. The first kappa shape index (κ1) is 17.0. The molecule has 0 N–H and O–H groups in total. The van der Waals surface area contributed by atoms with Crippen molar-refractivity contribution in [3.05, 3.63) is 47.0 Å². The van der Waals surface area contributed by atoms with Gasteiger partial charge in [0.15, 0.2) is 17.3 Å². The van der Waals surface area contributed by atoms with Crippen molar-refractivity contribution in [2.75, 3.05) is 33.3 Å². The van der Waals surface area contributed by atoms with Crippen LogP contribution in [0.4, 0.5) is 4.39 Å². The number of methoxy groups -OCH3 is 1. The van der Waals surface area contributed by atoms with Gasteiger partial charge in [-0.2, -0.15) is 5.10 Å². The van der Waals surface area contributed by atoms with Gasteiger partial charge in [-0.15, -0.1) is 0 Å². The average Bonchev–Trinajstić information content (AvgIpc) is 3.24. The molecule has 2 aliphatic rings. The lowest BCUT2D eigenvalue weighted by Gasteiger charge is -2.34. The van der Waals surface area contributed by atoms with Crippen LogP contribution in [-0.4, -0.2) is 58.8 Å². The molecule has 0 saturated carbocycles. The van der Waals surface area contributed by atoms with Crippen LogP contribution >= 0.6 is 0 Å². The molecule has 0 unspecified atom stereocenters. The second-order valence-corrected chi connectivity index (χ2v) is 6.88. The molecule has 1 saturated heterocycles. The monoisotopic (exact) mass is 358 g/mol. The molecule has 2 aliphatic heterocycles. The number of aryl methyl sites for hydroxylation is 2. The molecular formula is C19H23FN4O2. The summed E-state index contributed by atoms with van der Waals surface area (Å²) in [6, 6.07) is 6.99. The second-order valence-electron chi connectivity index (χ2n) is 6.88. The van der Waals surface area contributed by atoms with Crippen molar-refractivity contribution in [2.45, 2.75) is 25.9 Å². The summed E-state index contributed by atoms with van der Waals surface area (Å²) in [5.41, 5.74) is 2.63. The van der Waals surface area contributed by atoms with Crippen molar-refractivity contribution in [3.8, 4) is 5.75 Å². The number of nitrogens with zero attached hydrogens (tertiary/aromatic N) is 4. The molecule has 2 aromatic rings. The first-order chi connectivity index (χ1) is 12.6. The highest BCUT2D eigenvalue weighted by molar-refractivity contribution is 5.92. The summed E-state index contributed by atoms with van der Waals surface area (Å²) in [5.74, 6) is -0.0650. The topological polar surface area (TPSA) is 50.6 Å². The molecule has 1 aromatic carbocycles. The molecule has 138 valence electrons. The van der Waals surface area contributed by atoms with Gasteiger partial charge in [-0.3, -0.25) is 14.4 Å². The van der Waals surface area contributed by atoms with E-state index in [1.54, 1.807) is 6.07 Å². The molecule has 6 nitrogen and oxygen atoms in total. The van der Waals surface area contributed by atoms with E-state index in [4.69, 9.17) is 4.74 Å². The van der Waals surface area contributed by atoms with Gasteiger partial charge in [-0.05, 0) is 36.6 Å². The lowest BCUT2D eigenvalue weighted by atomic mass is 10.1. The number of ether oxygens (including phenoxy) is 1. The zero-order valence-electron chi connectivity index (χ0n) is 14.9. The van der Waals surface area contributed by atoms with E-state index in [1.807, 2.05) is 21.7 Å². The van der Waals surface area contributed by atoms with Crippen molar-refractivity contribution >= 4 is 5.91 Å². The number of rotatable bonds is 4. The van der Waals surface area contributed by atoms with Crippen LogP contribution in [0.5, 0.6) is 5.75 Å². The molecule has 3 heterocycles. The zero-order chi connectivity index (χ0) is 18.1. The van der Waals surface area contributed by atoms with Gasteiger partial charge in [0.1, 0.15) is 0 Å². The minimum atomic E-state index is -0.341. The predicted molar refractivity (Wildman–Crippen MR) is 94.7 cm³/mol. The van der Waals surface area contributed by atoms with Crippen molar-refractivity contribution < 1.29 is 13.9 Å². The van der Waals surface area contributed by atoms with Gasteiger partial charge < -0.3 is 9.64 Å². The fourth-order valence-electron chi connectivity index (χ4n) is 3.70. The Morgan fingerprint density at radius 3 is 2.69 bits per heavy atom. The molecule has 0 radical (unpaired) electrons. The molecule has 26 heavy (non-hydrogen) atoms. The number of piperazine rings is 1. The third kappa shape index (κ3) is 3.31. The minimum Gasteiger partial charge on any atom is -0.494 e. The van der Waals surface area contributed by atoms with E-state index in [1.165, 1.54) is 13.2 Å². The van der Waals surface area contributed by atoms with Crippen molar-refractivity contribution in [1.82, 2.24) is 19.6 Å². The lowest BCUT2D eigenvalue weighted by Crippen LogP contribution is -2.48. The van der Waals surface area contributed by atoms with Crippen LogP contribution in [0.25, 0.3) is 0 Å². The third-order valence-electron chi connectivity index (χ3n) is 5.17. The Bertz CT molecular complexity index is 790. The summed E-state index contributed by atoms with van der Waals surface area (Å²) in [5, 5.41) is 4.44. The van der Waals surface area contributed by atoms with Gasteiger partial charge in [0, 0.05) is 45.0 Å². The van der Waals surface area contributed by atoms with E-state index in [0.29, 0.717) is 25.3 Å². The molecule has 1 aromatic heterocycles. The molecule has 0 spiro atoms. The van der Waals surface area contributed by atoms with Crippen LogP contribution in [0, 0.1) is 5.82 Å². The van der Waals surface area contributed by atoms with Crippen LogP contribution in [0.1, 0.15) is 28.2 Å². The fourth-order valence-corrected chi connectivity index (χ4v) is 3.70. The molecule has 1 amide bonds. The standard InChI is InChI=1S/C19H23FN4O2/c1-26-18-5-4-14(11-16(18)20)13-22-7-9-23(10-8-22)19(25)17-12-15-3-2-6-24(15)21-17/h4-5,11-12H,2-3,6-10,13H2,1H3. The van der Waals surface area contributed by atoms with Crippen LogP contribution in [0.3, 0.4) is 0 Å². The Morgan fingerprint density at radius 1 is 1.19 bits per heavy atom. The third-order valence-corrected chi connectivity index (χ3v) is 5.17. The quantitative estimate of drug-likeness (QED) is 0.838. The normalized spacial score (nSPS) is 17.4. The lowest BCUT2D eigenvalue weighted by molar-refractivity contribution is 0.0621. The number of aromatic nitrogens is 2. The molecule has 0 bridgehead atoms. The van der Waals surface area contributed by atoms with Crippen LogP contribution in [0.2, 0.25) is 0 Å². The SMILES string of the molecule is COc1ccc(CN2CCN(C(=O)c3cc4n(n3)CCC4)CC2)cc1F. The Hall–Kier alpha value is -2.41. The van der Waals surface area contributed by atoms with E-state index in [0.717, 1.165) is 43.7 Å². The molecule has 0 aliphatic carbocycles. The highest BCUT2D eigenvalue weighted by atomic mass is 19.1. The Morgan fingerprint density at radius 2 is 2.00 bits per heavy atom. The summed E-state index contributed by atoms with van der Waals surface area (Å²) < 4.78 is 20.7. The van der Waals surface area contributed by atoms with Gasteiger partial charge in [-0.25, -0.2) is 4.39 Å². The Kier molecular flexibility index (Phi) is 4.63. The summed E-state index contributed by atoms with van der Waals surface area (Å²) in [4.78, 5) is 16.8.